The summed E-state index contributed by atoms with van der Waals surface area (Å²) in [5.74, 6) is 0.681. The molecule has 0 saturated carbocycles. The second-order valence-corrected chi connectivity index (χ2v) is 6.03. The van der Waals surface area contributed by atoms with Gasteiger partial charge in [0.15, 0.2) is 5.58 Å². The van der Waals surface area contributed by atoms with Crippen molar-refractivity contribution in [2.75, 3.05) is 0 Å². The Bertz CT molecular complexity index is 769. The molecule has 0 spiro atoms. The number of nitrogens with zero attached hydrogens (tertiary/aromatic N) is 1. The molecule has 0 amide bonds. The molecule has 0 aliphatic carbocycles. The number of rotatable bonds is 2. The van der Waals surface area contributed by atoms with Crippen LogP contribution >= 0.6 is 15.9 Å². The molecule has 102 valence electrons. The van der Waals surface area contributed by atoms with Crippen LogP contribution in [0.2, 0.25) is 0 Å². The Morgan fingerprint density at radius 3 is 2.40 bits per heavy atom. The Balaban J connectivity index is 2.20. The highest BCUT2D eigenvalue weighted by molar-refractivity contribution is 9.10. The largest absolute Gasteiger partial charge is 0.435 e. The predicted molar refractivity (Wildman–Crippen MR) is 86.0 cm³/mol. The van der Waals surface area contributed by atoms with Gasteiger partial charge in [-0.2, -0.15) is 0 Å². The maximum atomic E-state index is 5.94. The molecule has 0 fully saturated rings. The van der Waals surface area contributed by atoms with E-state index in [4.69, 9.17) is 4.42 Å². The lowest BCUT2D eigenvalue weighted by molar-refractivity contribution is 0.618. The van der Waals surface area contributed by atoms with Gasteiger partial charge in [-0.25, -0.2) is 4.98 Å². The van der Waals surface area contributed by atoms with E-state index < -0.39 is 0 Å². The zero-order chi connectivity index (χ0) is 14.3. The molecular weight excluding hydrogens is 314 g/mol. The van der Waals surface area contributed by atoms with Crippen LogP contribution in [0.4, 0.5) is 0 Å². The number of fused-ring (bicyclic) bond motifs is 1. The molecule has 2 nitrogen and oxygen atoms in total. The van der Waals surface area contributed by atoms with E-state index in [1.807, 2.05) is 0 Å². The molecule has 3 aromatic rings. The van der Waals surface area contributed by atoms with Gasteiger partial charge in [0.1, 0.15) is 5.52 Å². The van der Waals surface area contributed by atoms with Crippen LogP contribution in [0.1, 0.15) is 23.6 Å². The van der Waals surface area contributed by atoms with Crippen molar-refractivity contribution in [1.82, 2.24) is 4.98 Å². The van der Waals surface area contributed by atoms with Gasteiger partial charge in [-0.1, -0.05) is 24.1 Å². The maximum Gasteiger partial charge on any atom is 0.227 e. The Labute approximate surface area is 127 Å². The van der Waals surface area contributed by atoms with Crippen LogP contribution in [-0.4, -0.2) is 4.98 Å². The lowest BCUT2D eigenvalue weighted by Gasteiger charge is -2.00. The fourth-order valence-corrected chi connectivity index (χ4v) is 3.05. The van der Waals surface area contributed by atoms with Crippen molar-refractivity contribution in [1.29, 1.82) is 0 Å². The first kappa shape index (κ1) is 13.4. The summed E-state index contributed by atoms with van der Waals surface area (Å²) in [6, 6.07) is 10.5. The third-order valence-electron chi connectivity index (χ3n) is 3.38. The number of hydrogen-bond donors (Lipinski definition) is 0. The summed E-state index contributed by atoms with van der Waals surface area (Å²) in [4.78, 5) is 4.64. The standard InChI is InChI=1S/C17H16BrNO/c1-4-12-8-14(18)16-15(9-12)19-17(20-16)13-6-10(2)5-11(3)7-13/h5-9H,4H2,1-3H3. The summed E-state index contributed by atoms with van der Waals surface area (Å²) in [5, 5.41) is 0. The summed E-state index contributed by atoms with van der Waals surface area (Å²) in [6.45, 7) is 6.31. The van der Waals surface area contributed by atoms with Gasteiger partial charge in [0.2, 0.25) is 5.89 Å². The zero-order valence-electron chi connectivity index (χ0n) is 11.8. The molecule has 0 bridgehead atoms. The molecular formula is C17H16BrNO. The number of aromatic nitrogens is 1. The molecule has 1 heterocycles. The van der Waals surface area contributed by atoms with E-state index in [2.05, 4.69) is 72.0 Å². The highest BCUT2D eigenvalue weighted by atomic mass is 79.9. The molecule has 0 radical (unpaired) electrons. The summed E-state index contributed by atoms with van der Waals surface area (Å²) < 4.78 is 6.90. The van der Waals surface area contributed by atoms with Crippen LogP contribution in [0.5, 0.6) is 0 Å². The molecule has 0 atom stereocenters. The van der Waals surface area contributed by atoms with Crippen molar-refractivity contribution in [2.24, 2.45) is 0 Å². The molecule has 0 saturated heterocycles. The first-order valence-corrected chi connectivity index (χ1v) is 7.53. The van der Waals surface area contributed by atoms with Crippen molar-refractivity contribution in [3.63, 3.8) is 0 Å². The van der Waals surface area contributed by atoms with Crippen LogP contribution in [0.15, 0.2) is 39.2 Å². The van der Waals surface area contributed by atoms with E-state index in [-0.39, 0.29) is 0 Å². The Kier molecular flexibility index (Phi) is 3.38. The molecule has 1 aromatic heterocycles. The van der Waals surface area contributed by atoms with Gasteiger partial charge in [0.25, 0.3) is 0 Å². The molecule has 0 aliphatic rings. The maximum absolute atomic E-state index is 5.94. The fraction of sp³-hybridized carbons (Fsp3) is 0.235. The van der Waals surface area contributed by atoms with Crippen molar-refractivity contribution in [3.8, 4) is 11.5 Å². The first-order chi connectivity index (χ1) is 9.56. The predicted octanol–water partition coefficient (Wildman–Crippen LogP) is 5.44. The van der Waals surface area contributed by atoms with Crippen LogP contribution in [0, 0.1) is 13.8 Å². The van der Waals surface area contributed by atoms with E-state index >= 15 is 0 Å². The highest BCUT2D eigenvalue weighted by Gasteiger charge is 2.12. The monoisotopic (exact) mass is 329 g/mol. The van der Waals surface area contributed by atoms with Gasteiger partial charge in [-0.15, -0.1) is 0 Å². The topological polar surface area (TPSA) is 26.0 Å². The van der Waals surface area contributed by atoms with Crippen molar-refractivity contribution >= 4 is 27.0 Å². The van der Waals surface area contributed by atoms with E-state index in [1.165, 1.54) is 16.7 Å². The van der Waals surface area contributed by atoms with Crippen LogP contribution in [-0.2, 0) is 6.42 Å². The van der Waals surface area contributed by atoms with E-state index in [0.717, 1.165) is 27.6 Å². The Morgan fingerprint density at radius 2 is 1.75 bits per heavy atom. The van der Waals surface area contributed by atoms with Gasteiger partial charge in [-0.05, 0) is 66.0 Å². The van der Waals surface area contributed by atoms with Crippen molar-refractivity contribution < 1.29 is 4.42 Å². The van der Waals surface area contributed by atoms with Gasteiger partial charge < -0.3 is 4.42 Å². The molecule has 2 aromatic carbocycles. The number of halogens is 1. The SMILES string of the molecule is CCc1cc(Br)c2oc(-c3cc(C)cc(C)c3)nc2c1. The molecule has 3 heteroatoms. The van der Waals surface area contributed by atoms with E-state index in [9.17, 15) is 0 Å². The second-order valence-electron chi connectivity index (χ2n) is 5.17. The average Bonchev–Trinajstić information content (AvgIpc) is 2.82. The number of oxazole rings is 1. The van der Waals surface area contributed by atoms with Crippen LogP contribution in [0.3, 0.4) is 0 Å². The van der Waals surface area contributed by atoms with Gasteiger partial charge in [0, 0.05) is 5.56 Å². The van der Waals surface area contributed by atoms with Crippen LogP contribution in [0.25, 0.3) is 22.6 Å². The summed E-state index contributed by atoms with van der Waals surface area (Å²) in [7, 11) is 0. The van der Waals surface area contributed by atoms with Gasteiger partial charge in [0.05, 0.1) is 4.47 Å². The average molecular weight is 330 g/mol. The van der Waals surface area contributed by atoms with E-state index in [0.29, 0.717) is 5.89 Å². The minimum atomic E-state index is 0.681. The summed E-state index contributed by atoms with van der Waals surface area (Å²) in [5.41, 5.74) is 6.45. The Morgan fingerprint density at radius 1 is 1.05 bits per heavy atom. The lowest BCUT2D eigenvalue weighted by Crippen LogP contribution is -1.82. The highest BCUT2D eigenvalue weighted by Crippen LogP contribution is 2.31. The quantitative estimate of drug-likeness (QED) is 0.625. The first-order valence-electron chi connectivity index (χ1n) is 6.74. The fourth-order valence-electron chi connectivity index (χ4n) is 2.47. The minimum absolute atomic E-state index is 0.681. The second kappa shape index (κ2) is 5.06. The van der Waals surface area contributed by atoms with Gasteiger partial charge >= 0.3 is 0 Å². The lowest BCUT2D eigenvalue weighted by atomic mass is 10.1. The van der Waals surface area contributed by atoms with Crippen molar-refractivity contribution in [3.05, 3.63) is 51.5 Å². The van der Waals surface area contributed by atoms with Gasteiger partial charge in [-0.3, -0.25) is 0 Å². The number of aryl methyl sites for hydroxylation is 3. The van der Waals surface area contributed by atoms with Crippen molar-refractivity contribution in [2.45, 2.75) is 27.2 Å². The van der Waals surface area contributed by atoms with Crippen LogP contribution < -0.4 is 0 Å². The zero-order valence-corrected chi connectivity index (χ0v) is 13.4. The molecule has 20 heavy (non-hydrogen) atoms. The Hall–Kier alpha value is -1.61. The molecule has 0 N–H and O–H groups in total. The number of benzene rings is 2. The smallest absolute Gasteiger partial charge is 0.227 e. The molecule has 3 rings (SSSR count). The summed E-state index contributed by atoms with van der Waals surface area (Å²) >= 11 is 3.57. The van der Waals surface area contributed by atoms with E-state index in [1.54, 1.807) is 0 Å². The number of hydrogen-bond acceptors (Lipinski definition) is 2. The summed E-state index contributed by atoms with van der Waals surface area (Å²) in [6.07, 6.45) is 0.986. The molecule has 0 unspecified atom stereocenters. The minimum Gasteiger partial charge on any atom is -0.435 e. The molecule has 0 aliphatic heterocycles. The third-order valence-corrected chi connectivity index (χ3v) is 3.97. The third kappa shape index (κ3) is 2.38. The normalized spacial score (nSPS) is 11.2.